The minimum atomic E-state index is 0.264. The molecule has 3 aromatic heterocycles. The summed E-state index contributed by atoms with van der Waals surface area (Å²) in [6, 6.07) is 46.9. The van der Waals surface area contributed by atoms with E-state index in [-0.39, 0.29) is 14.5 Å². The van der Waals surface area contributed by atoms with Crippen LogP contribution in [0.3, 0.4) is 0 Å². The Morgan fingerprint density at radius 2 is 1.28 bits per heavy atom. The maximum atomic E-state index is 2.54. The van der Waals surface area contributed by atoms with Crippen molar-refractivity contribution in [1.82, 2.24) is 9.13 Å². The summed E-state index contributed by atoms with van der Waals surface area (Å²) >= 11 is 0.264. The Morgan fingerprint density at radius 3 is 2.21 bits per heavy atom. The van der Waals surface area contributed by atoms with Crippen molar-refractivity contribution < 1.29 is 0 Å². The summed E-state index contributed by atoms with van der Waals surface area (Å²) in [5.41, 5.74) is 6.27. The molecule has 0 radical (unpaired) electrons. The fourth-order valence-electron chi connectivity index (χ4n) is 6.39. The molecule has 0 aliphatic carbocycles. The van der Waals surface area contributed by atoms with Crippen molar-refractivity contribution in [1.29, 1.82) is 0 Å². The Hall–Kier alpha value is -4.56. The molecule has 0 unspecified atom stereocenters. The molecule has 0 fully saturated rings. The molecule has 0 bridgehead atoms. The van der Waals surface area contributed by atoms with Crippen LogP contribution in [0.25, 0.3) is 74.1 Å². The van der Waals surface area contributed by atoms with E-state index in [1.165, 1.54) is 74.1 Å². The van der Waals surface area contributed by atoms with Gasteiger partial charge in [-0.05, 0) is 0 Å². The summed E-state index contributed by atoms with van der Waals surface area (Å²) < 4.78 is 7.79. The van der Waals surface area contributed by atoms with E-state index >= 15 is 0 Å². The van der Waals surface area contributed by atoms with Gasteiger partial charge in [0.15, 0.2) is 0 Å². The minimum absolute atomic E-state index is 0.264. The maximum absolute atomic E-state index is 2.54. The van der Waals surface area contributed by atoms with Crippen molar-refractivity contribution >= 4 is 77.3 Å². The first-order chi connectivity index (χ1) is 19.3. The molecule has 2 nitrogen and oxygen atoms in total. The molecule has 0 aliphatic heterocycles. The van der Waals surface area contributed by atoms with Crippen molar-refractivity contribution in [2.75, 3.05) is 0 Å². The van der Waals surface area contributed by atoms with E-state index in [4.69, 9.17) is 0 Å². The summed E-state index contributed by atoms with van der Waals surface area (Å²) in [5, 5.41) is 9.19. The first-order valence-electron chi connectivity index (χ1n) is 13.3. The molecule has 9 aromatic rings. The summed E-state index contributed by atoms with van der Waals surface area (Å²) in [6.45, 7) is 0. The van der Waals surface area contributed by atoms with Gasteiger partial charge in [-0.1, -0.05) is 0 Å². The second-order valence-electron chi connectivity index (χ2n) is 10.2. The average Bonchev–Trinajstić information content (AvgIpc) is 3.68. The third-order valence-corrected chi connectivity index (χ3v) is 10.7. The summed E-state index contributed by atoms with van der Waals surface area (Å²) in [5.74, 6) is 0. The molecule has 0 atom stereocenters. The number of para-hydroxylation sites is 2. The van der Waals surface area contributed by atoms with Gasteiger partial charge >= 0.3 is 231 Å². The van der Waals surface area contributed by atoms with Gasteiger partial charge in [-0.3, -0.25) is 0 Å². The summed E-state index contributed by atoms with van der Waals surface area (Å²) in [7, 11) is 0. The molecule has 182 valence electrons. The number of benzene rings is 6. The molecule has 0 saturated heterocycles. The molecule has 9 rings (SSSR count). The molecule has 0 aliphatic rings. The van der Waals surface area contributed by atoms with Gasteiger partial charge in [-0.25, -0.2) is 0 Å². The van der Waals surface area contributed by atoms with Gasteiger partial charge in [0.2, 0.25) is 0 Å². The molecule has 0 N–H and O–H groups in total. The molecule has 39 heavy (non-hydrogen) atoms. The van der Waals surface area contributed by atoms with Gasteiger partial charge in [0.05, 0.1) is 0 Å². The molecule has 6 aromatic carbocycles. The third-order valence-electron chi connectivity index (χ3n) is 8.12. The van der Waals surface area contributed by atoms with Crippen LogP contribution >= 0.6 is 0 Å². The zero-order valence-electron chi connectivity index (χ0n) is 21.0. The van der Waals surface area contributed by atoms with Crippen LogP contribution in [0.2, 0.25) is 0 Å². The predicted molar refractivity (Wildman–Crippen MR) is 167 cm³/mol. The Balaban J connectivity index is 1.46. The fraction of sp³-hybridized carbons (Fsp3) is 0. The van der Waals surface area contributed by atoms with Crippen molar-refractivity contribution in [3.8, 4) is 11.4 Å². The van der Waals surface area contributed by atoms with Crippen LogP contribution in [0.4, 0.5) is 0 Å². The quantitative estimate of drug-likeness (QED) is 0.186. The van der Waals surface area contributed by atoms with Crippen LogP contribution in [-0.2, 0) is 0 Å². The summed E-state index contributed by atoms with van der Waals surface area (Å²) in [4.78, 5) is 0. The van der Waals surface area contributed by atoms with Crippen LogP contribution < -0.4 is 0 Å². The number of hydrogen-bond donors (Lipinski definition) is 0. The Morgan fingerprint density at radius 1 is 0.487 bits per heavy atom. The zero-order chi connectivity index (χ0) is 25.5. The molecule has 3 heterocycles. The predicted octanol–water partition coefficient (Wildman–Crippen LogP) is 9.24. The van der Waals surface area contributed by atoms with Crippen LogP contribution in [0.15, 0.2) is 134 Å². The first kappa shape index (κ1) is 21.4. The number of nitrogens with zero attached hydrogens (tertiary/aromatic N) is 2. The van der Waals surface area contributed by atoms with Crippen LogP contribution in [0.5, 0.6) is 0 Å². The average molecular weight is 562 g/mol. The van der Waals surface area contributed by atoms with Crippen molar-refractivity contribution in [3.63, 3.8) is 0 Å². The molecule has 3 heteroatoms. The molecular formula is C36H22N2Se. The Kier molecular flexibility index (Phi) is 4.37. The standard InChI is InChI=1S/C36H22N2Se/c1-2-9-25(10-3-1)37-20-19-24-21-23-17-18-28-26-11-4-6-14-31(26)38(35(28)30(23)22-33(24)37)32-15-8-13-29-27-12-5-7-16-34(27)39-36(29)32/h1-22H. The van der Waals surface area contributed by atoms with Gasteiger partial charge in [0.1, 0.15) is 0 Å². The number of aromatic nitrogens is 2. The zero-order valence-corrected chi connectivity index (χ0v) is 22.7. The Labute approximate surface area is 230 Å². The number of rotatable bonds is 2. The van der Waals surface area contributed by atoms with Gasteiger partial charge < -0.3 is 0 Å². The van der Waals surface area contributed by atoms with E-state index in [1.807, 2.05) is 0 Å². The number of fused-ring (bicyclic) bond motifs is 9. The van der Waals surface area contributed by atoms with E-state index < -0.39 is 0 Å². The monoisotopic (exact) mass is 562 g/mol. The van der Waals surface area contributed by atoms with Crippen LogP contribution in [0, 0.1) is 0 Å². The van der Waals surface area contributed by atoms with Crippen molar-refractivity contribution in [3.05, 3.63) is 134 Å². The van der Waals surface area contributed by atoms with E-state index in [9.17, 15) is 0 Å². The molecular weight excluding hydrogens is 539 g/mol. The van der Waals surface area contributed by atoms with E-state index in [0.717, 1.165) is 0 Å². The summed E-state index contributed by atoms with van der Waals surface area (Å²) in [6.07, 6.45) is 2.19. The van der Waals surface area contributed by atoms with Gasteiger partial charge in [0.25, 0.3) is 0 Å². The van der Waals surface area contributed by atoms with Crippen molar-refractivity contribution in [2.45, 2.75) is 0 Å². The number of hydrogen-bond acceptors (Lipinski definition) is 0. The second-order valence-corrected chi connectivity index (χ2v) is 12.4. The van der Waals surface area contributed by atoms with Gasteiger partial charge in [-0.15, -0.1) is 0 Å². The normalized spacial score (nSPS) is 12.1. The molecule has 0 amide bonds. The topological polar surface area (TPSA) is 9.86 Å². The molecule has 0 spiro atoms. The fourth-order valence-corrected chi connectivity index (χ4v) is 8.92. The van der Waals surface area contributed by atoms with E-state index in [2.05, 4.69) is 143 Å². The van der Waals surface area contributed by atoms with Crippen molar-refractivity contribution in [2.24, 2.45) is 0 Å². The third kappa shape index (κ3) is 2.97. The second kappa shape index (κ2) is 7.97. The van der Waals surface area contributed by atoms with Crippen LogP contribution in [0.1, 0.15) is 0 Å². The van der Waals surface area contributed by atoms with E-state index in [0.29, 0.717) is 0 Å². The molecule has 0 saturated carbocycles. The SMILES string of the molecule is c1ccc(-n2ccc3cc4ccc5c6ccccc6n(-c6cccc7c6[se]c6ccccc67)c5c4cc32)cc1. The van der Waals surface area contributed by atoms with E-state index in [1.54, 1.807) is 0 Å². The first-order valence-corrected chi connectivity index (χ1v) is 15.0. The Bertz CT molecular complexity index is 2390. The van der Waals surface area contributed by atoms with Gasteiger partial charge in [0, 0.05) is 0 Å². The van der Waals surface area contributed by atoms with Crippen LogP contribution in [-0.4, -0.2) is 23.6 Å². The van der Waals surface area contributed by atoms with Gasteiger partial charge in [-0.2, -0.15) is 0 Å².